The maximum atomic E-state index is 11.8. The zero-order chi connectivity index (χ0) is 12.5. The first-order valence-corrected chi connectivity index (χ1v) is 5.98. The SMILES string of the molecule is CC(C)(C)C(=O)NCC1COc2ccccc21. The Morgan fingerprint density at radius 3 is 2.82 bits per heavy atom. The average Bonchev–Trinajstić information content (AvgIpc) is 2.68. The predicted molar refractivity (Wildman–Crippen MR) is 67.1 cm³/mol. The molecule has 1 unspecified atom stereocenters. The summed E-state index contributed by atoms with van der Waals surface area (Å²) >= 11 is 0. The molecule has 3 nitrogen and oxygen atoms in total. The van der Waals surface area contributed by atoms with Gasteiger partial charge in [0.05, 0.1) is 6.61 Å². The van der Waals surface area contributed by atoms with Crippen LogP contribution in [-0.2, 0) is 4.79 Å². The van der Waals surface area contributed by atoms with E-state index in [0.29, 0.717) is 13.2 Å². The van der Waals surface area contributed by atoms with Gasteiger partial charge in [0, 0.05) is 23.4 Å². The third kappa shape index (κ3) is 2.60. The minimum absolute atomic E-state index is 0.0851. The van der Waals surface area contributed by atoms with Gasteiger partial charge in [-0.05, 0) is 6.07 Å². The van der Waals surface area contributed by atoms with Crippen LogP contribution in [0.4, 0.5) is 0 Å². The van der Waals surface area contributed by atoms with Gasteiger partial charge in [-0.2, -0.15) is 0 Å². The molecule has 1 aliphatic rings. The van der Waals surface area contributed by atoms with E-state index in [0.717, 1.165) is 5.75 Å². The summed E-state index contributed by atoms with van der Waals surface area (Å²) in [5.41, 5.74) is 0.862. The molecule has 1 aromatic carbocycles. The number of carbonyl (C=O) groups excluding carboxylic acids is 1. The summed E-state index contributed by atoms with van der Waals surface area (Å²) in [6.45, 7) is 7.06. The molecule has 0 fully saturated rings. The van der Waals surface area contributed by atoms with Crippen molar-refractivity contribution in [2.75, 3.05) is 13.2 Å². The maximum absolute atomic E-state index is 11.8. The lowest BCUT2D eigenvalue weighted by Crippen LogP contribution is -2.37. The lowest BCUT2D eigenvalue weighted by Gasteiger charge is -2.19. The van der Waals surface area contributed by atoms with Crippen LogP contribution in [0.5, 0.6) is 5.75 Å². The first kappa shape index (κ1) is 12.0. The van der Waals surface area contributed by atoms with Crippen LogP contribution < -0.4 is 10.1 Å². The molecular formula is C14H19NO2. The highest BCUT2D eigenvalue weighted by Gasteiger charge is 2.26. The molecule has 2 rings (SSSR count). The number of rotatable bonds is 2. The third-order valence-corrected chi connectivity index (χ3v) is 2.99. The molecule has 0 saturated carbocycles. The van der Waals surface area contributed by atoms with Crippen molar-refractivity contribution in [3.05, 3.63) is 29.8 Å². The molecule has 1 aromatic rings. The van der Waals surface area contributed by atoms with Crippen LogP contribution in [0.3, 0.4) is 0 Å². The zero-order valence-electron chi connectivity index (χ0n) is 10.6. The van der Waals surface area contributed by atoms with Gasteiger partial charge >= 0.3 is 0 Å². The minimum Gasteiger partial charge on any atom is -0.493 e. The molecule has 3 heteroatoms. The van der Waals surface area contributed by atoms with E-state index in [4.69, 9.17) is 4.74 Å². The number of nitrogens with one attached hydrogen (secondary N) is 1. The van der Waals surface area contributed by atoms with Crippen molar-refractivity contribution in [2.45, 2.75) is 26.7 Å². The van der Waals surface area contributed by atoms with Crippen molar-refractivity contribution < 1.29 is 9.53 Å². The minimum atomic E-state index is -0.334. The molecule has 1 atom stereocenters. The van der Waals surface area contributed by atoms with Gasteiger partial charge in [-0.25, -0.2) is 0 Å². The zero-order valence-corrected chi connectivity index (χ0v) is 10.6. The van der Waals surface area contributed by atoms with Crippen LogP contribution in [0.25, 0.3) is 0 Å². The molecule has 0 radical (unpaired) electrons. The largest absolute Gasteiger partial charge is 0.493 e. The van der Waals surface area contributed by atoms with Crippen LogP contribution in [0.2, 0.25) is 0 Å². The number of hydrogen-bond acceptors (Lipinski definition) is 2. The van der Waals surface area contributed by atoms with Gasteiger partial charge in [0.25, 0.3) is 0 Å². The van der Waals surface area contributed by atoms with Gasteiger partial charge in [0.2, 0.25) is 5.91 Å². The maximum Gasteiger partial charge on any atom is 0.225 e. The fourth-order valence-corrected chi connectivity index (χ4v) is 1.88. The summed E-state index contributed by atoms with van der Waals surface area (Å²) in [5.74, 6) is 1.31. The van der Waals surface area contributed by atoms with E-state index in [-0.39, 0.29) is 17.2 Å². The Hall–Kier alpha value is -1.51. The summed E-state index contributed by atoms with van der Waals surface area (Å²) in [5, 5.41) is 2.99. The van der Waals surface area contributed by atoms with Crippen molar-refractivity contribution in [1.82, 2.24) is 5.32 Å². The Kier molecular flexibility index (Phi) is 3.09. The van der Waals surface area contributed by atoms with Crippen molar-refractivity contribution in [3.8, 4) is 5.75 Å². The predicted octanol–water partition coefficient (Wildman–Crippen LogP) is 2.32. The van der Waals surface area contributed by atoms with Crippen LogP contribution in [0.1, 0.15) is 32.3 Å². The fourth-order valence-electron chi connectivity index (χ4n) is 1.88. The van der Waals surface area contributed by atoms with Crippen molar-refractivity contribution >= 4 is 5.91 Å². The number of fused-ring (bicyclic) bond motifs is 1. The van der Waals surface area contributed by atoms with E-state index in [1.807, 2.05) is 39.0 Å². The van der Waals surface area contributed by atoms with Gasteiger partial charge in [0.15, 0.2) is 0 Å². The van der Waals surface area contributed by atoms with Gasteiger partial charge < -0.3 is 10.1 Å². The first-order valence-electron chi connectivity index (χ1n) is 5.98. The fraction of sp³-hybridized carbons (Fsp3) is 0.500. The molecule has 17 heavy (non-hydrogen) atoms. The van der Waals surface area contributed by atoms with Crippen molar-refractivity contribution in [2.24, 2.45) is 5.41 Å². The molecule has 0 aliphatic carbocycles. The van der Waals surface area contributed by atoms with E-state index in [2.05, 4.69) is 11.4 Å². The van der Waals surface area contributed by atoms with Gasteiger partial charge in [-0.15, -0.1) is 0 Å². The van der Waals surface area contributed by atoms with E-state index >= 15 is 0 Å². The Morgan fingerprint density at radius 1 is 1.41 bits per heavy atom. The molecule has 1 amide bonds. The molecular weight excluding hydrogens is 214 g/mol. The molecule has 1 N–H and O–H groups in total. The monoisotopic (exact) mass is 233 g/mol. The average molecular weight is 233 g/mol. The van der Waals surface area contributed by atoms with E-state index < -0.39 is 0 Å². The summed E-state index contributed by atoms with van der Waals surface area (Å²) < 4.78 is 5.58. The topological polar surface area (TPSA) is 38.3 Å². The first-order chi connectivity index (χ1) is 7.98. The Bertz CT molecular complexity index is 420. The third-order valence-electron chi connectivity index (χ3n) is 2.99. The van der Waals surface area contributed by atoms with Crippen molar-refractivity contribution in [3.63, 3.8) is 0 Å². The lowest BCUT2D eigenvalue weighted by molar-refractivity contribution is -0.128. The molecule has 1 aliphatic heterocycles. The number of para-hydroxylation sites is 1. The molecule has 0 spiro atoms. The normalized spacial score (nSPS) is 18.4. The summed E-state index contributed by atoms with van der Waals surface area (Å²) in [4.78, 5) is 11.8. The lowest BCUT2D eigenvalue weighted by atomic mass is 9.95. The smallest absolute Gasteiger partial charge is 0.225 e. The molecule has 0 aromatic heterocycles. The Labute approximate surface area is 102 Å². The Morgan fingerprint density at radius 2 is 2.12 bits per heavy atom. The van der Waals surface area contributed by atoms with E-state index in [1.54, 1.807) is 0 Å². The standard InChI is InChI=1S/C14H19NO2/c1-14(2,3)13(16)15-8-10-9-17-12-7-5-4-6-11(10)12/h4-7,10H,8-9H2,1-3H3,(H,15,16). The highest BCUT2D eigenvalue weighted by atomic mass is 16.5. The summed E-state index contributed by atoms with van der Waals surface area (Å²) in [6, 6.07) is 8.01. The number of carbonyl (C=O) groups is 1. The van der Waals surface area contributed by atoms with Crippen LogP contribution in [-0.4, -0.2) is 19.1 Å². The molecule has 0 bridgehead atoms. The highest BCUT2D eigenvalue weighted by molar-refractivity contribution is 5.81. The highest BCUT2D eigenvalue weighted by Crippen LogP contribution is 2.32. The van der Waals surface area contributed by atoms with Crippen molar-refractivity contribution in [1.29, 1.82) is 0 Å². The van der Waals surface area contributed by atoms with Gasteiger partial charge in [0.1, 0.15) is 5.75 Å². The van der Waals surface area contributed by atoms with Gasteiger partial charge in [-0.3, -0.25) is 4.79 Å². The molecule has 1 heterocycles. The number of amides is 1. The van der Waals surface area contributed by atoms with E-state index in [9.17, 15) is 4.79 Å². The molecule has 92 valence electrons. The van der Waals surface area contributed by atoms with Gasteiger partial charge in [-0.1, -0.05) is 39.0 Å². The number of ether oxygens (including phenoxy) is 1. The molecule has 0 saturated heterocycles. The second kappa shape index (κ2) is 4.40. The van der Waals surface area contributed by atoms with Crippen LogP contribution >= 0.6 is 0 Å². The number of hydrogen-bond donors (Lipinski definition) is 1. The quantitative estimate of drug-likeness (QED) is 0.851. The summed E-state index contributed by atoms with van der Waals surface area (Å²) in [7, 11) is 0. The Balaban J connectivity index is 1.97. The second-order valence-corrected chi connectivity index (χ2v) is 5.51. The van der Waals surface area contributed by atoms with Crippen LogP contribution in [0.15, 0.2) is 24.3 Å². The second-order valence-electron chi connectivity index (χ2n) is 5.51. The van der Waals surface area contributed by atoms with E-state index in [1.165, 1.54) is 5.56 Å². The van der Waals surface area contributed by atoms with Crippen LogP contribution in [0, 0.1) is 5.41 Å². The summed E-state index contributed by atoms with van der Waals surface area (Å²) in [6.07, 6.45) is 0. The number of benzene rings is 1.